The van der Waals surface area contributed by atoms with Crippen molar-refractivity contribution < 1.29 is 4.39 Å². The average Bonchev–Trinajstić information content (AvgIpc) is 2.70. The SMILES string of the molecule is CC(C)C.CCC1(CNC(C)C)CN(Cc2ccc(-c3cccc(C(C)C)c3)cc2F)C1. The molecule has 2 aromatic rings. The lowest BCUT2D eigenvalue weighted by Crippen LogP contribution is -2.60. The Bertz CT molecular complexity index is 832. The molecule has 32 heavy (non-hydrogen) atoms. The second kappa shape index (κ2) is 12.0. The number of likely N-dealkylation sites (tertiary alicyclic amines) is 1. The third kappa shape index (κ3) is 7.71. The summed E-state index contributed by atoms with van der Waals surface area (Å²) in [5.74, 6) is 1.21. The van der Waals surface area contributed by atoms with Gasteiger partial charge in [0.15, 0.2) is 0 Å². The lowest BCUT2D eigenvalue weighted by molar-refractivity contribution is -0.0100. The number of hydrogen-bond donors (Lipinski definition) is 1. The van der Waals surface area contributed by atoms with Gasteiger partial charge < -0.3 is 5.32 Å². The van der Waals surface area contributed by atoms with E-state index in [9.17, 15) is 4.39 Å². The Kier molecular flexibility index (Phi) is 9.91. The highest BCUT2D eigenvalue weighted by Gasteiger charge is 2.41. The number of benzene rings is 2. The Morgan fingerprint density at radius 3 is 2.09 bits per heavy atom. The summed E-state index contributed by atoms with van der Waals surface area (Å²) in [7, 11) is 0. The standard InChI is InChI=1S/C25H35FN2.C4H10/c1-6-25(15-27-19(4)5)16-28(17-25)14-23-11-10-22(13-24(23)26)21-9-7-8-20(12-21)18(2)3;1-4(2)3/h7-13,18-19,27H,6,14-17H2,1-5H3;4H,1-3H3. The molecular weight excluding hydrogens is 395 g/mol. The first kappa shape index (κ1) is 26.5. The summed E-state index contributed by atoms with van der Waals surface area (Å²) in [4.78, 5) is 2.36. The Morgan fingerprint density at radius 1 is 0.938 bits per heavy atom. The molecule has 0 radical (unpaired) electrons. The summed E-state index contributed by atoms with van der Waals surface area (Å²) in [6, 6.07) is 14.7. The van der Waals surface area contributed by atoms with E-state index in [1.165, 1.54) is 5.56 Å². The van der Waals surface area contributed by atoms with Crippen molar-refractivity contribution in [3.05, 3.63) is 59.4 Å². The van der Waals surface area contributed by atoms with E-state index in [0.29, 0.717) is 23.9 Å². The lowest BCUT2D eigenvalue weighted by Gasteiger charge is -2.50. The maximum atomic E-state index is 14.8. The largest absolute Gasteiger partial charge is 0.314 e. The van der Waals surface area contributed by atoms with Crippen LogP contribution in [0, 0.1) is 17.2 Å². The van der Waals surface area contributed by atoms with E-state index in [1.54, 1.807) is 6.07 Å². The molecule has 0 amide bonds. The Morgan fingerprint density at radius 2 is 1.56 bits per heavy atom. The van der Waals surface area contributed by atoms with E-state index in [-0.39, 0.29) is 5.82 Å². The fourth-order valence-electron chi connectivity index (χ4n) is 4.07. The predicted molar refractivity (Wildman–Crippen MR) is 138 cm³/mol. The van der Waals surface area contributed by atoms with E-state index < -0.39 is 0 Å². The smallest absolute Gasteiger partial charge is 0.128 e. The molecule has 1 N–H and O–H groups in total. The molecule has 1 fully saturated rings. The number of hydrogen-bond acceptors (Lipinski definition) is 2. The van der Waals surface area contributed by atoms with Crippen LogP contribution in [0.3, 0.4) is 0 Å². The first-order chi connectivity index (χ1) is 15.0. The van der Waals surface area contributed by atoms with Crippen LogP contribution in [-0.4, -0.2) is 30.6 Å². The van der Waals surface area contributed by atoms with Crippen molar-refractivity contribution in [1.29, 1.82) is 0 Å². The molecule has 1 saturated heterocycles. The molecule has 1 aliphatic rings. The van der Waals surface area contributed by atoms with E-state index in [0.717, 1.165) is 48.7 Å². The van der Waals surface area contributed by atoms with E-state index in [2.05, 4.69) is 95.9 Å². The molecule has 2 aromatic carbocycles. The molecule has 1 heterocycles. The quantitative estimate of drug-likeness (QED) is 0.457. The molecule has 0 spiro atoms. The first-order valence-corrected chi connectivity index (χ1v) is 12.4. The van der Waals surface area contributed by atoms with Crippen LogP contribution >= 0.6 is 0 Å². The summed E-state index contributed by atoms with van der Waals surface area (Å²) in [6.45, 7) is 21.3. The van der Waals surface area contributed by atoms with Crippen LogP contribution in [0.25, 0.3) is 11.1 Å². The van der Waals surface area contributed by atoms with Crippen LogP contribution < -0.4 is 5.32 Å². The molecule has 3 rings (SSSR count). The molecule has 178 valence electrons. The third-order valence-electron chi connectivity index (χ3n) is 6.09. The fourth-order valence-corrected chi connectivity index (χ4v) is 4.07. The van der Waals surface area contributed by atoms with Crippen molar-refractivity contribution in [3.8, 4) is 11.1 Å². The fraction of sp³-hybridized carbons (Fsp3) is 0.586. The molecular formula is C29H45FN2. The zero-order valence-electron chi connectivity index (χ0n) is 21.6. The molecule has 3 heteroatoms. The molecule has 0 aromatic heterocycles. The van der Waals surface area contributed by atoms with Gasteiger partial charge in [0.2, 0.25) is 0 Å². The summed E-state index contributed by atoms with van der Waals surface area (Å²) in [6.07, 6.45) is 1.16. The average molecular weight is 441 g/mol. The third-order valence-corrected chi connectivity index (χ3v) is 6.09. The summed E-state index contributed by atoms with van der Waals surface area (Å²) < 4.78 is 14.8. The second-order valence-corrected chi connectivity index (χ2v) is 10.9. The Labute approximate surface area is 196 Å². The van der Waals surface area contributed by atoms with E-state index in [4.69, 9.17) is 0 Å². The van der Waals surface area contributed by atoms with Crippen molar-refractivity contribution in [3.63, 3.8) is 0 Å². The first-order valence-electron chi connectivity index (χ1n) is 12.4. The van der Waals surface area contributed by atoms with Crippen LogP contribution in [0.4, 0.5) is 4.39 Å². The van der Waals surface area contributed by atoms with Gasteiger partial charge in [-0.3, -0.25) is 4.90 Å². The Balaban J connectivity index is 0.000000837. The zero-order chi connectivity index (χ0) is 23.9. The summed E-state index contributed by atoms with van der Waals surface area (Å²) >= 11 is 0. The molecule has 0 saturated carbocycles. The summed E-state index contributed by atoms with van der Waals surface area (Å²) in [5.41, 5.74) is 4.47. The van der Waals surface area contributed by atoms with Gasteiger partial charge in [-0.2, -0.15) is 0 Å². The highest BCUT2D eigenvalue weighted by molar-refractivity contribution is 5.64. The summed E-state index contributed by atoms with van der Waals surface area (Å²) in [5, 5.41) is 3.57. The number of nitrogens with one attached hydrogen (secondary N) is 1. The maximum absolute atomic E-state index is 14.8. The van der Waals surface area contributed by atoms with Crippen molar-refractivity contribution in [2.45, 2.75) is 80.3 Å². The molecule has 0 aliphatic carbocycles. The van der Waals surface area contributed by atoms with Gasteiger partial charge in [0.1, 0.15) is 5.82 Å². The monoisotopic (exact) mass is 440 g/mol. The van der Waals surface area contributed by atoms with Crippen molar-refractivity contribution in [1.82, 2.24) is 10.2 Å². The van der Waals surface area contributed by atoms with E-state index >= 15 is 0 Å². The van der Waals surface area contributed by atoms with Gasteiger partial charge >= 0.3 is 0 Å². The normalized spacial score (nSPS) is 15.6. The van der Waals surface area contributed by atoms with Crippen LogP contribution in [0.15, 0.2) is 42.5 Å². The van der Waals surface area contributed by atoms with Crippen molar-refractivity contribution in [2.24, 2.45) is 11.3 Å². The molecule has 0 atom stereocenters. The minimum atomic E-state index is -0.0956. The number of nitrogens with zero attached hydrogens (tertiary/aromatic N) is 1. The van der Waals surface area contributed by atoms with Crippen LogP contribution in [0.5, 0.6) is 0 Å². The maximum Gasteiger partial charge on any atom is 0.128 e. The van der Waals surface area contributed by atoms with Gasteiger partial charge in [-0.25, -0.2) is 4.39 Å². The minimum Gasteiger partial charge on any atom is -0.314 e. The van der Waals surface area contributed by atoms with Gasteiger partial charge in [-0.05, 0) is 41.0 Å². The van der Waals surface area contributed by atoms with Crippen LogP contribution in [0.1, 0.15) is 78.9 Å². The predicted octanol–water partition coefficient (Wildman–Crippen LogP) is 7.49. The van der Waals surface area contributed by atoms with Gasteiger partial charge in [-0.1, -0.05) is 91.8 Å². The number of rotatable bonds is 8. The van der Waals surface area contributed by atoms with Gasteiger partial charge in [0.05, 0.1) is 0 Å². The van der Waals surface area contributed by atoms with Gasteiger partial charge in [0, 0.05) is 43.2 Å². The second-order valence-electron chi connectivity index (χ2n) is 10.9. The highest BCUT2D eigenvalue weighted by Crippen LogP contribution is 2.35. The Hall–Kier alpha value is -1.71. The topological polar surface area (TPSA) is 15.3 Å². The molecule has 0 bridgehead atoms. The van der Waals surface area contributed by atoms with Gasteiger partial charge in [0.25, 0.3) is 0 Å². The lowest BCUT2D eigenvalue weighted by atomic mass is 9.77. The molecule has 0 unspecified atom stereocenters. The molecule has 2 nitrogen and oxygen atoms in total. The van der Waals surface area contributed by atoms with Gasteiger partial charge in [-0.15, -0.1) is 0 Å². The minimum absolute atomic E-state index is 0.0956. The number of halogens is 1. The highest BCUT2D eigenvalue weighted by atomic mass is 19.1. The van der Waals surface area contributed by atoms with Crippen LogP contribution in [0.2, 0.25) is 0 Å². The zero-order valence-corrected chi connectivity index (χ0v) is 21.6. The van der Waals surface area contributed by atoms with E-state index in [1.807, 2.05) is 6.07 Å². The van der Waals surface area contributed by atoms with Crippen LogP contribution in [-0.2, 0) is 6.54 Å². The molecule has 1 aliphatic heterocycles. The van der Waals surface area contributed by atoms with Crippen molar-refractivity contribution in [2.75, 3.05) is 19.6 Å². The van der Waals surface area contributed by atoms with Crippen molar-refractivity contribution >= 4 is 0 Å².